The lowest BCUT2D eigenvalue weighted by Gasteiger charge is -2.06. The van der Waals surface area contributed by atoms with Crippen molar-refractivity contribution in [2.24, 2.45) is 5.10 Å². The van der Waals surface area contributed by atoms with E-state index in [-0.39, 0.29) is 0 Å². The van der Waals surface area contributed by atoms with E-state index in [9.17, 15) is 0 Å². The van der Waals surface area contributed by atoms with Crippen molar-refractivity contribution in [3.63, 3.8) is 0 Å². The van der Waals surface area contributed by atoms with Crippen LogP contribution in [0.25, 0.3) is 0 Å². The van der Waals surface area contributed by atoms with Gasteiger partial charge in [-0.25, -0.2) is 0 Å². The van der Waals surface area contributed by atoms with Gasteiger partial charge in [-0.15, -0.1) is 0 Å². The van der Waals surface area contributed by atoms with Gasteiger partial charge < -0.3 is 9.47 Å². The second kappa shape index (κ2) is 5.82. The summed E-state index contributed by atoms with van der Waals surface area (Å²) in [6.07, 6.45) is 5.51. The van der Waals surface area contributed by atoms with E-state index in [1.165, 1.54) is 0 Å². The molecule has 0 spiro atoms. The quantitative estimate of drug-likeness (QED) is 0.607. The summed E-state index contributed by atoms with van der Waals surface area (Å²) in [7, 11) is 3.23. The van der Waals surface area contributed by atoms with Crippen molar-refractivity contribution in [3.05, 3.63) is 54.4 Å². The summed E-state index contributed by atoms with van der Waals surface area (Å²) in [5, 5.41) is 4.30. The van der Waals surface area contributed by atoms with Crippen LogP contribution in [-0.4, -0.2) is 20.4 Å². The van der Waals surface area contributed by atoms with Crippen LogP contribution in [0.1, 0.15) is 5.56 Å². The third-order valence-electron chi connectivity index (χ3n) is 2.45. The SMILES string of the molecule is COc1ccc(/C=N/[n+]2ccccc2)cc1OC. The Labute approximate surface area is 106 Å². The fourth-order valence-electron chi connectivity index (χ4n) is 1.53. The van der Waals surface area contributed by atoms with Crippen LogP contribution in [0.2, 0.25) is 0 Å². The fraction of sp³-hybridized carbons (Fsp3) is 0.143. The first-order valence-corrected chi connectivity index (χ1v) is 5.56. The largest absolute Gasteiger partial charge is 0.493 e. The second-order valence-corrected chi connectivity index (χ2v) is 3.61. The molecule has 2 rings (SSSR count). The molecule has 0 aliphatic heterocycles. The van der Waals surface area contributed by atoms with Crippen LogP contribution in [0.3, 0.4) is 0 Å². The normalized spacial score (nSPS) is 10.6. The Kier molecular flexibility index (Phi) is 3.91. The first kappa shape index (κ1) is 12.1. The van der Waals surface area contributed by atoms with Crippen LogP contribution in [0.5, 0.6) is 11.5 Å². The maximum Gasteiger partial charge on any atom is 0.202 e. The number of aromatic nitrogens is 1. The van der Waals surface area contributed by atoms with E-state index in [1.807, 2.05) is 48.8 Å². The molecule has 0 aliphatic rings. The summed E-state index contributed by atoms with van der Waals surface area (Å²) >= 11 is 0. The molecule has 2 aromatic rings. The van der Waals surface area contributed by atoms with Gasteiger partial charge in [0.05, 0.1) is 14.2 Å². The molecule has 0 aliphatic carbocycles. The highest BCUT2D eigenvalue weighted by atomic mass is 16.5. The van der Waals surface area contributed by atoms with Crippen molar-refractivity contribution in [3.8, 4) is 11.5 Å². The molecule has 0 radical (unpaired) electrons. The van der Waals surface area contributed by atoms with E-state index in [1.54, 1.807) is 25.1 Å². The van der Waals surface area contributed by atoms with Gasteiger partial charge in [0.25, 0.3) is 0 Å². The van der Waals surface area contributed by atoms with Crippen LogP contribution in [-0.2, 0) is 0 Å². The van der Waals surface area contributed by atoms with Gasteiger partial charge in [-0.05, 0) is 23.3 Å². The summed E-state index contributed by atoms with van der Waals surface area (Å²) in [4.78, 5) is 0. The Morgan fingerprint density at radius 1 is 1.00 bits per heavy atom. The zero-order valence-corrected chi connectivity index (χ0v) is 10.4. The molecule has 1 heterocycles. The molecule has 0 saturated heterocycles. The van der Waals surface area contributed by atoms with Crippen molar-refractivity contribution in [1.82, 2.24) is 0 Å². The van der Waals surface area contributed by atoms with Crippen molar-refractivity contribution >= 4 is 6.21 Å². The highest BCUT2D eigenvalue weighted by Gasteiger charge is 2.03. The van der Waals surface area contributed by atoms with Gasteiger partial charge in [0.2, 0.25) is 12.4 Å². The highest BCUT2D eigenvalue weighted by molar-refractivity contribution is 5.80. The Morgan fingerprint density at radius 3 is 2.39 bits per heavy atom. The molecule has 1 aromatic heterocycles. The molecular formula is C14H15N2O2+. The van der Waals surface area contributed by atoms with E-state index >= 15 is 0 Å². The number of pyridine rings is 1. The molecular weight excluding hydrogens is 228 g/mol. The second-order valence-electron chi connectivity index (χ2n) is 3.61. The molecule has 0 unspecified atom stereocenters. The van der Waals surface area contributed by atoms with Crippen LogP contribution in [0.15, 0.2) is 53.9 Å². The van der Waals surface area contributed by atoms with Gasteiger partial charge in [-0.2, -0.15) is 0 Å². The molecule has 1 aromatic carbocycles. The number of hydrogen-bond donors (Lipinski definition) is 0. The third-order valence-corrected chi connectivity index (χ3v) is 2.45. The topological polar surface area (TPSA) is 34.7 Å². The lowest BCUT2D eigenvalue weighted by Crippen LogP contribution is -2.25. The molecule has 92 valence electrons. The minimum atomic E-state index is 0.694. The average Bonchev–Trinajstić information content (AvgIpc) is 2.45. The molecule has 0 N–H and O–H groups in total. The zero-order chi connectivity index (χ0) is 12.8. The predicted molar refractivity (Wildman–Crippen MR) is 69.2 cm³/mol. The summed E-state index contributed by atoms with van der Waals surface area (Å²) in [6, 6.07) is 11.5. The predicted octanol–water partition coefficient (Wildman–Crippen LogP) is 1.87. The molecule has 0 fully saturated rings. The zero-order valence-electron chi connectivity index (χ0n) is 10.4. The smallest absolute Gasteiger partial charge is 0.202 e. The number of rotatable bonds is 4. The van der Waals surface area contributed by atoms with Crippen LogP contribution < -0.4 is 14.1 Å². The standard InChI is InChI=1S/C14H15N2O2/c1-17-13-7-6-12(10-14(13)18-2)11-15-16-8-4-3-5-9-16/h3-11H,1-2H3/q+1/b15-11+. The molecule has 4 heteroatoms. The lowest BCUT2D eigenvalue weighted by atomic mass is 10.2. The molecule has 0 bridgehead atoms. The van der Waals surface area contributed by atoms with E-state index in [2.05, 4.69) is 5.10 Å². The van der Waals surface area contributed by atoms with Crippen molar-refractivity contribution in [2.75, 3.05) is 14.2 Å². The molecule has 0 atom stereocenters. The lowest BCUT2D eigenvalue weighted by molar-refractivity contribution is -0.678. The number of methoxy groups -OCH3 is 2. The van der Waals surface area contributed by atoms with Crippen LogP contribution in [0, 0.1) is 0 Å². The number of hydrogen-bond acceptors (Lipinski definition) is 3. The Balaban J connectivity index is 2.22. The molecule has 4 nitrogen and oxygen atoms in total. The minimum Gasteiger partial charge on any atom is -0.493 e. The molecule has 0 saturated carbocycles. The Bertz CT molecular complexity index is 539. The van der Waals surface area contributed by atoms with E-state index < -0.39 is 0 Å². The van der Waals surface area contributed by atoms with E-state index in [4.69, 9.17) is 9.47 Å². The summed E-state index contributed by atoms with van der Waals surface area (Å²) in [5.41, 5.74) is 0.948. The van der Waals surface area contributed by atoms with Gasteiger partial charge in [-0.3, -0.25) is 0 Å². The first-order chi connectivity index (χ1) is 8.83. The summed E-state index contributed by atoms with van der Waals surface area (Å²) in [5.74, 6) is 1.40. The average molecular weight is 243 g/mol. The maximum atomic E-state index is 5.24. The maximum absolute atomic E-state index is 5.24. The van der Waals surface area contributed by atoms with Crippen LogP contribution in [0.4, 0.5) is 0 Å². The number of nitrogens with zero attached hydrogens (tertiary/aromatic N) is 2. The summed E-state index contributed by atoms with van der Waals surface area (Å²) < 4.78 is 12.1. The van der Waals surface area contributed by atoms with Gasteiger partial charge in [0, 0.05) is 17.7 Å². The highest BCUT2D eigenvalue weighted by Crippen LogP contribution is 2.26. The minimum absolute atomic E-state index is 0.694. The Morgan fingerprint density at radius 2 is 1.72 bits per heavy atom. The van der Waals surface area contributed by atoms with Gasteiger partial charge in [-0.1, -0.05) is 10.7 Å². The first-order valence-electron chi connectivity index (χ1n) is 5.56. The van der Waals surface area contributed by atoms with Gasteiger partial charge in [0.15, 0.2) is 11.5 Å². The van der Waals surface area contributed by atoms with Crippen LogP contribution >= 0.6 is 0 Å². The van der Waals surface area contributed by atoms with Gasteiger partial charge in [0.1, 0.15) is 6.21 Å². The molecule has 18 heavy (non-hydrogen) atoms. The summed E-state index contributed by atoms with van der Waals surface area (Å²) in [6.45, 7) is 0. The Hall–Kier alpha value is -2.36. The monoisotopic (exact) mass is 243 g/mol. The fourth-order valence-corrected chi connectivity index (χ4v) is 1.53. The number of ether oxygens (including phenoxy) is 2. The molecule has 0 amide bonds. The van der Waals surface area contributed by atoms with E-state index in [0.717, 1.165) is 5.56 Å². The van der Waals surface area contributed by atoms with Crippen molar-refractivity contribution < 1.29 is 14.1 Å². The van der Waals surface area contributed by atoms with Crippen molar-refractivity contribution in [1.29, 1.82) is 0 Å². The van der Waals surface area contributed by atoms with Crippen molar-refractivity contribution in [2.45, 2.75) is 0 Å². The third kappa shape index (κ3) is 2.85. The van der Waals surface area contributed by atoms with E-state index in [0.29, 0.717) is 11.5 Å². The van der Waals surface area contributed by atoms with Gasteiger partial charge >= 0.3 is 0 Å². The number of benzene rings is 1.